The number of alkyl halides is 3. The van der Waals surface area contributed by atoms with Crippen molar-refractivity contribution in [2.75, 3.05) is 7.11 Å². The quantitative estimate of drug-likeness (QED) is 0.202. The number of aromatic nitrogens is 2. The molecule has 5 aromatic rings. The zero-order valence-electron chi connectivity index (χ0n) is 22.0. The average molecular weight is 614 g/mol. The van der Waals surface area contributed by atoms with Gasteiger partial charge in [0.1, 0.15) is 23.9 Å². The number of hydrogen-bond acceptors (Lipinski definition) is 6. The van der Waals surface area contributed by atoms with Crippen LogP contribution in [-0.4, -0.2) is 25.5 Å². The second-order valence-corrected chi connectivity index (χ2v) is 11.3. The normalized spacial score (nSPS) is 12.7. The molecule has 0 radical (unpaired) electrons. The lowest BCUT2D eigenvalue weighted by molar-refractivity contribution is -0.136. The van der Waals surface area contributed by atoms with Gasteiger partial charge >= 0.3 is 6.18 Å². The molecule has 2 N–H and O–H groups in total. The number of nitrogens with zero attached hydrogens (tertiary/aromatic N) is 2. The summed E-state index contributed by atoms with van der Waals surface area (Å²) in [7, 11) is -2.42. The summed E-state index contributed by atoms with van der Waals surface area (Å²) in [6.07, 6.45) is -3.91. The van der Waals surface area contributed by atoms with Gasteiger partial charge in [0.15, 0.2) is 0 Å². The number of benzene rings is 4. The van der Waals surface area contributed by atoms with Crippen LogP contribution in [0.3, 0.4) is 0 Å². The second-order valence-electron chi connectivity index (χ2n) is 9.34. The molecule has 5 rings (SSSR count). The molecule has 0 aliphatic rings. The number of sulfonamides is 1. The Morgan fingerprint density at radius 3 is 2.33 bits per heavy atom. The Kier molecular flexibility index (Phi) is 8.09. The van der Waals surface area contributed by atoms with Crippen molar-refractivity contribution in [2.45, 2.75) is 23.6 Å². The van der Waals surface area contributed by atoms with Crippen LogP contribution in [0.15, 0.2) is 96.2 Å². The first-order valence-electron chi connectivity index (χ1n) is 12.5. The van der Waals surface area contributed by atoms with Gasteiger partial charge in [-0.1, -0.05) is 48.0 Å². The highest BCUT2D eigenvalue weighted by Gasteiger charge is 2.33. The Morgan fingerprint density at radius 2 is 1.64 bits per heavy atom. The number of hydrogen-bond donors (Lipinski definition) is 1. The zero-order valence-corrected chi connectivity index (χ0v) is 23.5. The Hall–Kier alpha value is -4.19. The third-order valence-corrected chi connectivity index (χ3v) is 7.82. The van der Waals surface area contributed by atoms with Gasteiger partial charge in [-0.15, -0.1) is 0 Å². The first kappa shape index (κ1) is 29.3. The largest absolute Gasteiger partial charge is 0.497 e. The molecule has 42 heavy (non-hydrogen) atoms. The van der Waals surface area contributed by atoms with Crippen LogP contribution in [0.25, 0.3) is 22.2 Å². The van der Waals surface area contributed by atoms with Gasteiger partial charge in [0.05, 0.1) is 33.8 Å². The first-order chi connectivity index (χ1) is 19.9. The van der Waals surface area contributed by atoms with Crippen molar-refractivity contribution >= 4 is 32.5 Å². The summed E-state index contributed by atoms with van der Waals surface area (Å²) in [6, 6.07) is 21.9. The minimum absolute atomic E-state index is 0.0759. The van der Waals surface area contributed by atoms with Crippen molar-refractivity contribution in [3.63, 3.8) is 0 Å². The van der Waals surface area contributed by atoms with Gasteiger partial charge in [0, 0.05) is 17.4 Å². The second kappa shape index (κ2) is 11.6. The molecule has 7 nitrogen and oxygen atoms in total. The van der Waals surface area contributed by atoms with Crippen molar-refractivity contribution in [3.8, 4) is 22.8 Å². The van der Waals surface area contributed by atoms with E-state index in [-0.39, 0.29) is 26.5 Å². The highest BCUT2D eigenvalue weighted by atomic mass is 35.5. The van der Waals surface area contributed by atoms with Gasteiger partial charge in [0.2, 0.25) is 10.0 Å². The molecular weight excluding hydrogens is 591 g/mol. The lowest BCUT2D eigenvalue weighted by Gasteiger charge is -2.21. The minimum Gasteiger partial charge on any atom is -0.497 e. The maximum atomic E-state index is 13.7. The summed E-state index contributed by atoms with van der Waals surface area (Å²) >= 11 is 6.51. The summed E-state index contributed by atoms with van der Waals surface area (Å²) in [5.74, 6) is 0.994. The molecular formula is C30H23ClF3N3O4S. The highest BCUT2D eigenvalue weighted by Crippen LogP contribution is 2.39. The average Bonchev–Trinajstić information content (AvgIpc) is 2.96. The predicted octanol–water partition coefficient (Wildman–Crippen LogP) is 6.99. The molecule has 4 aromatic carbocycles. The third kappa shape index (κ3) is 6.33. The van der Waals surface area contributed by atoms with E-state index in [4.69, 9.17) is 26.2 Å². The zero-order chi connectivity index (χ0) is 30.1. The van der Waals surface area contributed by atoms with E-state index < -0.39 is 27.9 Å². The summed E-state index contributed by atoms with van der Waals surface area (Å²) in [5.41, 5.74) is 0.802. The monoisotopic (exact) mass is 613 g/mol. The summed E-state index contributed by atoms with van der Waals surface area (Å²) in [6.45, 7) is 0. The van der Waals surface area contributed by atoms with Gasteiger partial charge in [0.25, 0.3) is 0 Å². The molecule has 1 unspecified atom stereocenters. The van der Waals surface area contributed by atoms with Gasteiger partial charge in [-0.25, -0.2) is 23.5 Å². The van der Waals surface area contributed by atoms with E-state index >= 15 is 0 Å². The van der Waals surface area contributed by atoms with E-state index in [0.29, 0.717) is 29.0 Å². The molecule has 0 bridgehead atoms. The van der Waals surface area contributed by atoms with Crippen molar-refractivity contribution in [2.24, 2.45) is 5.14 Å². The van der Waals surface area contributed by atoms with Crippen LogP contribution >= 0.6 is 11.6 Å². The summed E-state index contributed by atoms with van der Waals surface area (Å²) in [5, 5.41) is 5.77. The van der Waals surface area contributed by atoms with Crippen LogP contribution in [0.1, 0.15) is 22.8 Å². The van der Waals surface area contributed by atoms with E-state index in [0.717, 1.165) is 18.0 Å². The number of fused-ring (bicyclic) bond motifs is 1. The molecule has 1 heterocycles. The third-order valence-electron chi connectivity index (χ3n) is 6.58. The molecule has 12 heteroatoms. The fourth-order valence-corrected chi connectivity index (χ4v) is 5.33. The fourth-order valence-electron chi connectivity index (χ4n) is 4.55. The highest BCUT2D eigenvalue weighted by molar-refractivity contribution is 7.89. The Bertz CT molecular complexity index is 1870. The lowest BCUT2D eigenvalue weighted by atomic mass is 10.0. The van der Waals surface area contributed by atoms with Crippen molar-refractivity contribution in [1.82, 2.24) is 9.97 Å². The smallest absolute Gasteiger partial charge is 0.418 e. The molecule has 0 aliphatic heterocycles. The van der Waals surface area contributed by atoms with E-state index in [1.54, 1.807) is 49.6 Å². The Labute approximate surface area is 244 Å². The maximum Gasteiger partial charge on any atom is 0.418 e. The SMILES string of the molecule is COc1ccc(CC(Oc2ccc(Cl)c(-c3ncnc4c(C(F)(F)F)cccc34)c2)c2cccc(S(N)(=O)=O)c2)cc1. The predicted molar refractivity (Wildman–Crippen MR) is 153 cm³/mol. The molecule has 0 saturated carbocycles. The van der Waals surface area contributed by atoms with E-state index in [1.165, 1.54) is 24.3 Å². The van der Waals surface area contributed by atoms with Crippen LogP contribution in [0.5, 0.6) is 11.5 Å². The van der Waals surface area contributed by atoms with Crippen molar-refractivity contribution < 1.29 is 31.1 Å². The molecule has 0 amide bonds. The number of nitrogens with two attached hydrogens (primary N) is 1. The number of para-hydroxylation sites is 1. The van der Waals surface area contributed by atoms with Crippen molar-refractivity contribution in [3.05, 3.63) is 113 Å². The number of methoxy groups -OCH3 is 1. The number of primary sulfonamides is 1. The molecule has 0 fully saturated rings. The number of ether oxygens (including phenoxy) is 2. The van der Waals surface area contributed by atoms with Crippen molar-refractivity contribution in [1.29, 1.82) is 0 Å². The van der Waals surface area contributed by atoms with E-state index in [1.807, 2.05) is 12.1 Å². The van der Waals surface area contributed by atoms with E-state index in [2.05, 4.69) is 9.97 Å². The Morgan fingerprint density at radius 1 is 0.929 bits per heavy atom. The first-order valence-corrected chi connectivity index (χ1v) is 14.4. The number of halogens is 4. The van der Waals surface area contributed by atoms with Crippen LogP contribution in [0.2, 0.25) is 5.02 Å². The molecule has 1 aromatic heterocycles. The van der Waals surface area contributed by atoms with Crippen LogP contribution < -0.4 is 14.6 Å². The minimum atomic E-state index is -4.61. The topological polar surface area (TPSA) is 104 Å². The lowest BCUT2D eigenvalue weighted by Crippen LogP contribution is -2.15. The molecule has 216 valence electrons. The fraction of sp³-hybridized carbons (Fsp3) is 0.133. The maximum absolute atomic E-state index is 13.7. The van der Waals surface area contributed by atoms with Gasteiger partial charge in [-0.2, -0.15) is 13.2 Å². The van der Waals surface area contributed by atoms with E-state index in [9.17, 15) is 21.6 Å². The molecule has 0 spiro atoms. The van der Waals surface area contributed by atoms with Gasteiger partial charge in [-0.3, -0.25) is 0 Å². The standard InChI is InChI=1S/C30H23ClF3N3O4S/c1-40-20-10-8-18(9-11-20)14-27(19-4-2-5-22(15-19)42(35,38)39)41-21-12-13-26(31)24(16-21)28-23-6-3-7-25(30(32,33)34)29(23)37-17-36-28/h2-13,15-17,27H,14H2,1H3,(H2,35,38,39). The molecule has 0 saturated heterocycles. The Balaban J connectivity index is 1.57. The van der Waals surface area contributed by atoms with Crippen LogP contribution in [-0.2, 0) is 22.6 Å². The van der Waals surface area contributed by atoms with Gasteiger partial charge in [-0.05, 0) is 59.7 Å². The van der Waals surface area contributed by atoms with Crippen LogP contribution in [0.4, 0.5) is 13.2 Å². The summed E-state index contributed by atoms with van der Waals surface area (Å²) < 4.78 is 76.7. The van der Waals surface area contributed by atoms with Gasteiger partial charge < -0.3 is 9.47 Å². The molecule has 1 atom stereocenters. The number of rotatable bonds is 8. The van der Waals surface area contributed by atoms with Crippen LogP contribution in [0, 0.1) is 0 Å². The summed E-state index contributed by atoms with van der Waals surface area (Å²) in [4.78, 5) is 8.06. The molecule has 0 aliphatic carbocycles.